The third kappa shape index (κ3) is 6.11. The second-order valence-electron chi connectivity index (χ2n) is 11.0. The molecular formula is C30H35Cl2N11. The van der Waals surface area contributed by atoms with Crippen LogP contribution in [0.15, 0.2) is 60.3 Å². The predicted octanol–water partition coefficient (Wildman–Crippen LogP) is 4.69. The van der Waals surface area contributed by atoms with Crippen molar-refractivity contribution in [2.75, 3.05) is 37.3 Å². The van der Waals surface area contributed by atoms with Crippen LogP contribution in [0.25, 0.3) is 10.9 Å². The first-order valence-electron chi connectivity index (χ1n) is 14.3. The smallest absolute Gasteiger partial charge is 0.112 e. The number of nitrogens with one attached hydrogen (secondary N) is 6. The summed E-state index contributed by atoms with van der Waals surface area (Å²) in [5, 5.41) is 22.8. The molecule has 6 N–H and O–H groups in total. The Morgan fingerprint density at radius 2 is 1.79 bits per heavy atom. The van der Waals surface area contributed by atoms with Gasteiger partial charge < -0.3 is 26.4 Å². The molecule has 1 saturated heterocycles. The monoisotopic (exact) mass is 619 g/mol. The minimum absolute atomic E-state index is 0.279. The quantitative estimate of drug-likeness (QED) is 0.211. The second-order valence-corrected chi connectivity index (χ2v) is 11.8. The fraction of sp³-hybridized carbons (Fsp3) is 0.333. The molecule has 0 bridgehead atoms. The van der Waals surface area contributed by atoms with Crippen LogP contribution in [0.4, 0.5) is 17.1 Å². The lowest BCUT2D eigenvalue weighted by Crippen LogP contribution is -2.49. The number of halogens is 2. The molecule has 6 rings (SSSR count). The Hall–Kier alpha value is -3.92. The van der Waals surface area contributed by atoms with Gasteiger partial charge in [0, 0.05) is 66.6 Å². The number of aromatic nitrogens is 1. The Kier molecular flexibility index (Phi) is 8.38. The number of rotatable bonds is 8. The van der Waals surface area contributed by atoms with E-state index in [0.717, 1.165) is 60.8 Å². The van der Waals surface area contributed by atoms with Gasteiger partial charge in [0.15, 0.2) is 0 Å². The topological polar surface area (TPSA) is 119 Å². The van der Waals surface area contributed by atoms with Crippen LogP contribution in [0.2, 0.25) is 10.0 Å². The number of hydrogen-bond acceptors (Lipinski definition) is 11. The van der Waals surface area contributed by atoms with Crippen molar-refractivity contribution in [2.24, 2.45) is 0 Å². The number of hydrogen-bond donors (Lipinski definition) is 6. The number of fused-ring (bicyclic) bond motifs is 1. The zero-order chi connectivity index (χ0) is 30.1. The average molecular weight is 621 g/mol. The van der Waals surface area contributed by atoms with Gasteiger partial charge in [0.1, 0.15) is 12.1 Å². The van der Waals surface area contributed by atoms with Crippen molar-refractivity contribution in [2.45, 2.75) is 38.8 Å². The van der Waals surface area contributed by atoms with Crippen LogP contribution in [0.1, 0.15) is 30.9 Å². The Balaban J connectivity index is 1.34. The van der Waals surface area contributed by atoms with E-state index in [-0.39, 0.29) is 6.04 Å². The molecule has 0 unspecified atom stereocenters. The average Bonchev–Trinajstić information content (AvgIpc) is 3.68. The van der Waals surface area contributed by atoms with Crippen molar-refractivity contribution >= 4 is 51.2 Å². The SMILES string of the molecule is CCN1CCC(N2C=C([C@@H](Nc3cc(Cl)c4ncc(C#N)c(Nc5ccc(C)c(Cl)c5)c4c3)C3=CN(C)NN3)NN2)CC1. The van der Waals surface area contributed by atoms with Crippen molar-refractivity contribution in [1.29, 1.82) is 5.26 Å². The molecule has 13 heteroatoms. The Bertz CT molecular complexity index is 1620. The highest BCUT2D eigenvalue weighted by atomic mass is 35.5. The van der Waals surface area contributed by atoms with Crippen LogP contribution in [0.3, 0.4) is 0 Å². The van der Waals surface area contributed by atoms with E-state index < -0.39 is 0 Å². The maximum Gasteiger partial charge on any atom is 0.112 e. The standard InChI is InChI=1S/C30H35Cl2N11/c1-4-42-9-7-22(8-10-42)43-17-27(38-40-43)30(26-16-41(3)39-37-26)36-21-11-23-28(35-20-6-5-18(2)24(31)12-20)19(14-33)15-34-29(23)25(32)13-21/h5-6,11-13,15-17,22,30,36-40H,4,7-10H2,1-3H3,(H,34,35)/t30-/m0/s1. The molecule has 3 aliphatic heterocycles. The maximum atomic E-state index is 9.95. The van der Waals surface area contributed by atoms with Crippen molar-refractivity contribution in [3.63, 3.8) is 0 Å². The number of piperidine rings is 1. The van der Waals surface area contributed by atoms with Crippen molar-refractivity contribution in [1.82, 2.24) is 41.8 Å². The van der Waals surface area contributed by atoms with Gasteiger partial charge >= 0.3 is 0 Å². The third-order valence-electron chi connectivity index (χ3n) is 8.13. The van der Waals surface area contributed by atoms with Crippen LogP contribution >= 0.6 is 23.2 Å². The summed E-state index contributed by atoms with van der Waals surface area (Å²) in [5.74, 6) is 0. The summed E-state index contributed by atoms with van der Waals surface area (Å²) in [7, 11) is 1.93. The molecule has 0 saturated carbocycles. The summed E-state index contributed by atoms with van der Waals surface area (Å²) >= 11 is 13.2. The summed E-state index contributed by atoms with van der Waals surface area (Å²) in [6, 6.07) is 11.9. The van der Waals surface area contributed by atoms with Crippen LogP contribution in [-0.4, -0.2) is 58.7 Å². The minimum atomic E-state index is -0.279. The molecule has 224 valence electrons. The molecule has 3 aliphatic rings. The molecule has 0 spiro atoms. The molecule has 1 fully saturated rings. The summed E-state index contributed by atoms with van der Waals surface area (Å²) in [5.41, 5.74) is 19.1. The number of hydrazine groups is 4. The van der Waals surface area contributed by atoms with Gasteiger partial charge in [0.2, 0.25) is 0 Å². The first-order chi connectivity index (χ1) is 20.8. The van der Waals surface area contributed by atoms with E-state index in [2.05, 4.69) is 66.6 Å². The van der Waals surface area contributed by atoms with E-state index in [1.807, 2.05) is 55.5 Å². The lowest BCUT2D eigenvalue weighted by atomic mass is 10.0. The lowest BCUT2D eigenvalue weighted by Gasteiger charge is -2.35. The van der Waals surface area contributed by atoms with Crippen molar-refractivity contribution in [3.8, 4) is 6.07 Å². The molecular weight excluding hydrogens is 585 g/mol. The maximum absolute atomic E-state index is 9.95. The number of pyridine rings is 1. The largest absolute Gasteiger partial charge is 0.371 e. The number of aryl methyl sites for hydroxylation is 1. The van der Waals surface area contributed by atoms with Gasteiger partial charge in [-0.3, -0.25) is 15.0 Å². The van der Waals surface area contributed by atoms with E-state index in [1.165, 1.54) is 6.20 Å². The summed E-state index contributed by atoms with van der Waals surface area (Å²) in [6.45, 7) is 7.42. The van der Waals surface area contributed by atoms with E-state index in [1.54, 1.807) is 0 Å². The molecule has 43 heavy (non-hydrogen) atoms. The Morgan fingerprint density at radius 1 is 1.05 bits per heavy atom. The van der Waals surface area contributed by atoms with E-state index >= 15 is 0 Å². The van der Waals surface area contributed by atoms with Gasteiger partial charge in [-0.25, -0.2) is 0 Å². The van der Waals surface area contributed by atoms with Crippen LogP contribution in [0.5, 0.6) is 0 Å². The highest BCUT2D eigenvalue weighted by Crippen LogP contribution is 2.36. The third-order valence-corrected chi connectivity index (χ3v) is 8.83. The van der Waals surface area contributed by atoms with Crippen LogP contribution in [-0.2, 0) is 0 Å². The molecule has 0 amide bonds. The van der Waals surface area contributed by atoms with E-state index in [0.29, 0.717) is 38.2 Å². The summed E-state index contributed by atoms with van der Waals surface area (Å²) < 4.78 is 0. The van der Waals surface area contributed by atoms with Crippen molar-refractivity contribution < 1.29 is 0 Å². The van der Waals surface area contributed by atoms with Gasteiger partial charge in [-0.2, -0.15) is 5.26 Å². The van der Waals surface area contributed by atoms with Gasteiger partial charge in [-0.05, 0) is 56.1 Å². The Morgan fingerprint density at radius 3 is 2.49 bits per heavy atom. The molecule has 4 heterocycles. The van der Waals surface area contributed by atoms with Gasteiger partial charge in [-0.15, -0.1) is 11.1 Å². The first-order valence-corrected chi connectivity index (χ1v) is 15.1. The minimum Gasteiger partial charge on any atom is -0.371 e. The van der Waals surface area contributed by atoms with Gasteiger partial charge in [0.25, 0.3) is 0 Å². The fourth-order valence-corrected chi connectivity index (χ4v) is 6.09. The highest BCUT2D eigenvalue weighted by molar-refractivity contribution is 6.36. The number of nitrogens with zero attached hydrogens (tertiary/aromatic N) is 5. The lowest BCUT2D eigenvalue weighted by molar-refractivity contribution is 0.112. The van der Waals surface area contributed by atoms with E-state index in [9.17, 15) is 5.26 Å². The number of benzene rings is 2. The zero-order valence-corrected chi connectivity index (χ0v) is 25.8. The molecule has 1 aromatic heterocycles. The van der Waals surface area contributed by atoms with E-state index in [4.69, 9.17) is 23.2 Å². The van der Waals surface area contributed by atoms with Gasteiger partial charge in [0.05, 0.1) is 33.2 Å². The number of nitriles is 1. The molecule has 3 aromatic rings. The molecule has 0 radical (unpaired) electrons. The molecule has 2 aromatic carbocycles. The second kappa shape index (κ2) is 12.4. The summed E-state index contributed by atoms with van der Waals surface area (Å²) in [6.07, 6.45) is 7.85. The fourth-order valence-electron chi connectivity index (χ4n) is 5.64. The summed E-state index contributed by atoms with van der Waals surface area (Å²) in [4.78, 5) is 6.99. The van der Waals surface area contributed by atoms with Crippen molar-refractivity contribution in [3.05, 3.63) is 81.5 Å². The Labute approximate surface area is 261 Å². The van der Waals surface area contributed by atoms with Crippen LogP contribution in [0, 0.1) is 18.3 Å². The number of anilines is 3. The number of likely N-dealkylation sites (tertiary alicyclic amines) is 1. The normalized spacial score (nSPS) is 18.1. The predicted molar refractivity (Wildman–Crippen MR) is 172 cm³/mol. The highest BCUT2D eigenvalue weighted by Gasteiger charge is 2.31. The van der Waals surface area contributed by atoms with Crippen LogP contribution < -0.4 is 32.6 Å². The zero-order valence-electron chi connectivity index (χ0n) is 24.3. The first kappa shape index (κ1) is 29.2. The molecule has 11 nitrogen and oxygen atoms in total. The molecule has 0 aliphatic carbocycles. The van der Waals surface area contributed by atoms with Gasteiger partial charge in [-0.1, -0.05) is 36.2 Å². The molecule has 1 atom stereocenters.